The molecule has 0 aliphatic rings. The Morgan fingerprint density at radius 2 is 1.95 bits per heavy atom. The molecular formula is C15H20ClNO5. The van der Waals surface area contributed by atoms with Gasteiger partial charge in [0.1, 0.15) is 17.4 Å². The van der Waals surface area contributed by atoms with Crippen molar-refractivity contribution in [2.45, 2.75) is 45.8 Å². The van der Waals surface area contributed by atoms with E-state index in [4.69, 9.17) is 16.3 Å². The summed E-state index contributed by atoms with van der Waals surface area (Å²) in [5, 5.41) is 21.5. The molecular weight excluding hydrogens is 310 g/mol. The first-order valence-corrected chi connectivity index (χ1v) is 7.07. The van der Waals surface area contributed by atoms with E-state index < -0.39 is 23.7 Å². The van der Waals surface area contributed by atoms with Crippen LogP contribution in [0.1, 0.15) is 31.9 Å². The topological polar surface area (TPSA) is 95.9 Å². The van der Waals surface area contributed by atoms with Gasteiger partial charge in [0.25, 0.3) is 0 Å². The average Bonchev–Trinajstić information content (AvgIpc) is 2.31. The van der Waals surface area contributed by atoms with Gasteiger partial charge in [0.2, 0.25) is 0 Å². The maximum atomic E-state index is 11.7. The number of phenolic OH excluding ortho intramolecular Hbond substituents is 1. The van der Waals surface area contributed by atoms with Gasteiger partial charge in [-0.2, -0.15) is 0 Å². The van der Waals surface area contributed by atoms with E-state index in [-0.39, 0.29) is 17.2 Å². The Hall–Kier alpha value is -1.95. The third kappa shape index (κ3) is 5.44. The van der Waals surface area contributed by atoms with E-state index in [1.54, 1.807) is 39.8 Å². The summed E-state index contributed by atoms with van der Waals surface area (Å²) in [6, 6.07) is 1.95. The number of aryl methyl sites for hydroxylation is 1. The highest BCUT2D eigenvalue weighted by Gasteiger charge is 2.25. The molecule has 1 rings (SSSR count). The summed E-state index contributed by atoms with van der Waals surface area (Å²) in [7, 11) is 0. The fourth-order valence-electron chi connectivity index (χ4n) is 1.83. The van der Waals surface area contributed by atoms with Gasteiger partial charge in [0.15, 0.2) is 0 Å². The second kappa shape index (κ2) is 6.87. The number of halogens is 1. The highest BCUT2D eigenvalue weighted by Crippen LogP contribution is 2.29. The number of benzene rings is 1. The van der Waals surface area contributed by atoms with Crippen LogP contribution in [-0.4, -0.2) is 33.9 Å². The Morgan fingerprint density at radius 1 is 1.36 bits per heavy atom. The van der Waals surface area contributed by atoms with E-state index in [0.717, 1.165) is 5.56 Å². The molecule has 1 aromatic carbocycles. The predicted octanol–water partition coefficient (Wildman–Crippen LogP) is 2.87. The van der Waals surface area contributed by atoms with E-state index in [2.05, 4.69) is 5.32 Å². The van der Waals surface area contributed by atoms with Crippen LogP contribution >= 0.6 is 11.6 Å². The van der Waals surface area contributed by atoms with Gasteiger partial charge in [-0.15, -0.1) is 0 Å². The van der Waals surface area contributed by atoms with Gasteiger partial charge < -0.3 is 20.3 Å². The van der Waals surface area contributed by atoms with E-state index in [9.17, 15) is 19.8 Å². The van der Waals surface area contributed by atoms with Crippen molar-refractivity contribution in [3.05, 3.63) is 28.3 Å². The summed E-state index contributed by atoms with van der Waals surface area (Å²) in [6.07, 6.45) is -0.944. The van der Waals surface area contributed by atoms with Crippen LogP contribution in [0.4, 0.5) is 4.79 Å². The minimum atomic E-state index is -1.24. The van der Waals surface area contributed by atoms with Gasteiger partial charge in [-0.25, -0.2) is 9.59 Å². The Balaban J connectivity index is 2.90. The SMILES string of the molecule is Cc1cc(Cl)c(O)c(CC(NC(=O)OC(C)(C)C)C(=O)O)c1. The van der Waals surface area contributed by atoms with Crippen molar-refractivity contribution >= 4 is 23.7 Å². The molecule has 0 aromatic heterocycles. The van der Waals surface area contributed by atoms with Crippen LogP contribution in [0.5, 0.6) is 5.75 Å². The lowest BCUT2D eigenvalue weighted by molar-refractivity contribution is -0.139. The third-order valence-electron chi connectivity index (χ3n) is 2.70. The number of amides is 1. The number of aromatic hydroxyl groups is 1. The van der Waals surface area contributed by atoms with Gasteiger partial charge in [-0.05, 0) is 44.9 Å². The molecule has 22 heavy (non-hydrogen) atoms. The molecule has 1 unspecified atom stereocenters. The highest BCUT2D eigenvalue weighted by molar-refractivity contribution is 6.32. The second-order valence-corrected chi connectivity index (χ2v) is 6.40. The number of hydrogen-bond acceptors (Lipinski definition) is 4. The van der Waals surface area contributed by atoms with Crippen LogP contribution in [0.2, 0.25) is 5.02 Å². The van der Waals surface area contributed by atoms with Crippen molar-refractivity contribution in [1.82, 2.24) is 5.32 Å². The Labute approximate surface area is 134 Å². The number of rotatable bonds is 4. The molecule has 0 heterocycles. The first-order valence-electron chi connectivity index (χ1n) is 6.70. The van der Waals surface area contributed by atoms with E-state index >= 15 is 0 Å². The molecule has 6 nitrogen and oxygen atoms in total. The molecule has 0 fully saturated rings. The normalized spacial score (nSPS) is 12.6. The van der Waals surface area contributed by atoms with E-state index in [1.165, 1.54) is 0 Å². The molecule has 1 amide bonds. The van der Waals surface area contributed by atoms with E-state index in [1.807, 2.05) is 0 Å². The van der Waals surface area contributed by atoms with Crippen molar-refractivity contribution < 1.29 is 24.5 Å². The summed E-state index contributed by atoms with van der Waals surface area (Å²) in [5.41, 5.74) is 0.384. The number of carboxylic acid groups (broad SMARTS) is 1. The first-order chi connectivity index (χ1) is 9.99. The smallest absolute Gasteiger partial charge is 0.408 e. The Kier molecular flexibility index (Phi) is 5.65. The minimum absolute atomic E-state index is 0.109. The lowest BCUT2D eigenvalue weighted by atomic mass is 10.0. The number of nitrogens with one attached hydrogen (secondary N) is 1. The van der Waals surface area contributed by atoms with Crippen molar-refractivity contribution in [1.29, 1.82) is 0 Å². The molecule has 1 aromatic rings. The molecule has 1 atom stereocenters. The highest BCUT2D eigenvalue weighted by atomic mass is 35.5. The number of carbonyl (C=O) groups excluding carboxylic acids is 1. The molecule has 3 N–H and O–H groups in total. The minimum Gasteiger partial charge on any atom is -0.506 e. The van der Waals surface area contributed by atoms with Gasteiger partial charge in [-0.1, -0.05) is 17.7 Å². The fraction of sp³-hybridized carbons (Fsp3) is 0.467. The number of alkyl carbamates (subject to hydrolysis) is 1. The second-order valence-electron chi connectivity index (χ2n) is 6.00. The molecule has 0 saturated heterocycles. The molecule has 0 saturated carbocycles. The Bertz CT molecular complexity index is 580. The largest absolute Gasteiger partial charge is 0.506 e. The van der Waals surface area contributed by atoms with Crippen LogP contribution in [0.25, 0.3) is 0 Å². The quantitative estimate of drug-likeness (QED) is 0.789. The number of aliphatic carboxylic acids is 1. The van der Waals surface area contributed by atoms with Gasteiger partial charge in [-0.3, -0.25) is 0 Å². The monoisotopic (exact) mass is 329 g/mol. The molecule has 0 aliphatic carbocycles. The maximum absolute atomic E-state index is 11.7. The molecule has 0 radical (unpaired) electrons. The van der Waals surface area contributed by atoms with Crippen LogP contribution in [0.3, 0.4) is 0 Å². The zero-order chi connectivity index (χ0) is 17.1. The van der Waals surface area contributed by atoms with Crippen LogP contribution in [0, 0.1) is 6.92 Å². The molecule has 0 aliphatic heterocycles. The Morgan fingerprint density at radius 3 is 2.45 bits per heavy atom. The third-order valence-corrected chi connectivity index (χ3v) is 2.99. The van der Waals surface area contributed by atoms with Crippen LogP contribution < -0.4 is 5.32 Å². The first kappa shape index (κ1) is 18.1. The van der Waals surface area contributed by atoms with Gasteiger partial charge >= 0.3 is 12.1 Å². The molecule has 122 valence electrons. The summed E-state index contributed by atoms with van der Waals surface area (Å²) >= 11 is 5.87. The molecule has 7 heteroatoms. The number of phenols is 1. The summed E-state index contributed by atoms with van der Waals surface area (Å²) in [5.74, 6) is -1.42. The number of hydrogen-bond donors (Lipinski definition) is 3. The fourth-order valence-corrected chi connectivity index (χ4v) is 2.13. The maximum Gasteiger partial charge on any atom is 0.408 e. The van der Waals surface area contributed by atoms with E-state index in [0.29, 0.717) is 5.56 Å². The van der Waals surface area contributed by atoms with Crippen molar-refractivity contribution in [3.63, 3.8) is 0 Å². The van der Waals surface area contributed by atoms with Crippen LogP contribution in [0.15, 0.2) is 12.1 Å². The standard InChI is InChI=1S/C15H20ClNO5/c1-8-5-9(12(18)10(16)6-8)7-11(13(19)20)17-14(21)22-15(2,3)4/h5-6,11,18H,7H2,1-4H3,(H,17,21)(H,19,20). The predicted molar refractivity (Wildman–Crippen MR) is 82.4 cm³/mol. The van der Waals surface area contributed by atoms with Crippen molar-refractivity contribution in [2.75, 3.05) is 0 Å². The van der Waals surface area contributed by atoms with Crippen molar-refractivity contribution in [2.24, 2.45) is 0 Å². The van der Waals surface area contributed by atoms with Crippen LogP contribution in [-0.2, 0) is 16.0 Å². The summed E-state index contributed by atoms with van der Waals surface area (Å²) < 4.78 is 5.03. The zero-order valence-electron chi connectivity index (χ0n) is 12.9. The lowest BCUT2D eigenvalue weighted by Gasteiger charge is -2.22. The summed E-state index contributed by atoms with van der Waals surface area (Å²) in [4.78, 5) is 23.0. The number of ether oxygens (including phenoxy) is 1. The van der Waals surface area contributed by atoms with Gasteiger partial charge in [0, 0.05) is 6.42 Å². The summed E-state index contributed by atoms with van der Waals surface area (Å²) in [6.45, 7) is 6.80. The zero-order valence-corrected chi connectivity index (χ0v) is 13.7. The van der Waals surface area contributed by atoms with Crippen molar-refractivity contribution in [3.8, 4) is 5.75 Å². The van der Waals surface area contributed by atoms with Gasteiger partial charge in [0.05, 0.1) is 5.02 Å². The molecule has 0 bridgehead atoms. The average molecular weight is 330 g/mol. The molecule has 0 spiro atoms. The number of carboxylic acids is 1. The lowest BCUT2D eigenvalue weighted by Crippen LogP contribution is -2.44. The number of carbonyl (C=O) groups is 2.